The molecule has 2 heterocycles. The maximum Gasteiger partial charge on any atom is 0.224 e. The molecule has 6 rings (SSSR count). The van der Waals surface area contributed by atoms with Gasteiger partial charge in [0, 0.05) is 56.6 Å². The first kappa shape index (κ1) is 37.8. The Morgan fingerprint density at radius 1 is 0.868 bits per heavy atom. The van der Waals surface area contributed by atoms with Gasteiger partial charge in [-0.05, 0) is 64.9 Å². The number of aryl methyl sites for hydroxylation is 1. The number of thioether (sulfide) groups is 1. The van der Waals surface area contributed by atoms with Crippen molar-refractivity contribution in [2.24, 2.45) is 7.05 Å². The molecule has 0 aliphatic carbocycles. The zero-order valence-electron chi connectivity index (χ0n) is 29.9. The van der Waals surface area contributed by atoms with Crippen molar-refractivity contribution < 1.29 is 24.2 Å². The van der Waals surface area contributed by atoms with E-state index in [1.54, 1.807) is 30.1 Å². The quantitative estimate of drug-likeness (QED) is 0.0460. The van der Waals surface area contributed by atoms with Crippen molar-refractivity contribution >= 4 is 35.0 Å². The molecule has 276 valence electrons. The highest BCUT2D eigenvalue weighted by Crippen LogP contribution is 2.40. The van der Waals surface area contributed by atoms with Gasteiger partial charge in [-0.25, -0.2) is 4.98 Å². The molecule has 53 heavy (non-hydrogen) atoms. The molecule has 5 N–H and O–H groups in total. The summed E-state index contributed by atoms with van der Waals surface area (Å²) in [5.74, 6) is 0.637. The Labute approximate surface area is 315 Å². The van der Waals surface area contributed by atoms with Gasteiger partial charge in [-0.2, -0.15) is 0 Å². The Morgan fingerprint density at radius 3 is 2.38 bits per heavy atom. The Hall–Kier alpha value is -4.94. The molecule has 10 nitrogen and oxygen atoms in total. The van der Waals surface area contributed by atoms with Gasteiger partial charge in [-0.3, -0.25) is 9.59 Å². The van der Waals surface area contributed by atoms with Crippen LogP contribution in [0.25, 0.3) is 11.1 Å². The van der Waals surface area contributed by atoms with Crippen LogP contribution in [0.4, 0.5) is 11.4 Å². The molecule has 4 aromatic carbocycles. The second-order valence-electron chi connectivity index (χ2n) is 13.3. The number of hydrogen-bond acceptors (Lipinski definition) is 8. The number of aliphatic hydroxyl groups excluding tert-OH is 1. The Bertz CT molecular complexity index is 1970. The Balaban J connectivity index is 1.03. The SMILES string of the molecule is Cn1ccnc1SC[C@H]1C[C@@H](c2ccc(CO)cc2)O[C@@H](c2cccc(-c3cccc(CNC(=O)CCCCCC(=O)Nc4ccccc4N)c3)c2)O1. The normalized spacial score (nSPS) is 17.0. The van der Waals surface area contributed by atoms with Crippen molar-refractivity contribution in [3.8, 4) is 11.1 Å². The minimum atomic E-state index is -0.572. The predicted octanol–water partition coefficient (Wildman–Crippen LogP) is 7.70. The van der Waals surface area contributed by atoms with Crippen molar-refractivity contribution in [1.82, 2.24) is 14.9 Å². The van der Waals surface area contributed by atoms with Crippen LogP contribution in [0.1, 0.15) is 73.2 Å². The molecule has 1 aliphatic heterocycles. The number of aliphatic hydroxyl groups is 1. The second kappa shape index (κ2) is 18.7. The van der Waals surface area contributed by atoms with Crippen molar-refractivity contribution in [2.45, 2.75) is 75.3 Å². The lowest BCUT2D eigenvalue weighted by atomic mass is 9.99. The van der Waals surface area contributed by atoms with Gasteiger partial charge < -0.3 is 35.5 Å². The smallest absolute Gasteiger partial charge is 0.224 e. The summed E-state index contributed by atoms with van der Waals surface area (Å²) in [6, 6.07) is 31.5. The van der Waals surface area contributed by atoms with Gasteiger partial charge in [-0.1, -0.05) is 91.0 Å². The van der Waals surface area contributed by atoms with Crippen LogP contribution in [0.15, 0.2) is 115 Å². The average Bonchev–Trinajstić information content (AvgIpc) is 3.61. The molecule has 2 amide bonds. The highest BCUT2D eigenvalue weighted by atomic mass is 32.2. The summed E-state index contributed by atoms with van der Waals surface area (Å²) >= 11 is 1.67. The number of aromatic nitrogens is 2. The molecule has 0 radical (unpaired) electrons. The maximum atomic E-state index is 12.6. The summed E-state index contributed by atoms with van der Waals surface area (Å²) in [5, 5.41) is 16.4. The summed E-state index contributed by atoms with van der Waals surface area (Å²) in [6.07, 6.45) is 6.59. The van der Waals surface area contributed by atoms with E-state index in [1.807, 2.05) is 78.5 Å². The van der Waals surface area contributed by atoms with Crippen molar-refractivity contribution in [2.75, 3.05) is 16.8 Å². The number of nitrogens with one attached hydrogen (secondary N) is 2. The van der Waals surface area contributed by atoms with Crippen LogP contribution < -0.4 is 16.4 Å². The summed E-state index contributed by atoms with van der Waals surface area (Å²) in [6.45, 7) is 0.421. The van der Waals surface area contributed by atoms with Gasteiger partial charge in [-0.15, -0.1) is 0 Å². The van der Waals surface area contributed by atoms with Crippen molar-refractivity contribution in [1.29, 1.82) is 0 Å². The fourth-order valence-electron chi connectivity index (χ4n) is 6.27. The lowest BCUT2D eigenvalue weighted by Gasteiger charge is -2.36. The minimum Gasteiger partial charge on any atom is -0.397 e. The van der Waals surface area contributed by atoms with E-state index >= 15 is 0 Å². The number of ether oxygens (including phenoxy) is 2. The molecule has 0 bridgehead atoms. The second-order valence-corrected chi connectivity index (χ2v) is 14.3. The monoisotopic (exact) mass is 733 g/mol. The van der Waals surface area contributed by atoms with Gasteiger partial charge >= 0.3 is 0 Å². The van der Waals surface area contributed by atoms with E-state index in [9.17, 15) is 14.7 Å². The van der Waals surface area contributed by atoms with Crippen LogP contribution in [-0.4, -0.2) is 38.3 Å². The van der Waals surface area contributed by atoms with Gasteiger partial charge in [0.05, 0.1) is 30.2 Å². The lowest BCUT2D eigenvalue weighted by molar-refractivity contribution is -0.245. The lowest BCUT2D eigenvalue weighted by Crippen LogP contribution is -2.31. The van der Waals surface area contributed by atoms with E-state index in [4.69, 9.17) is 15.2 Å². The number of anilines is 2. The summed E-state index contributed by atoms with van der Waals surface area (Å²) in [5.41, 5.74) is 12.9. The number of nitrogen functional groups attached to an aromatic ring is 1. The first-order valence-corrected chi connectivity index (χ1v) is 19.0. The van der Waals surface area contributed by atoms with Crippen molar-refractivity contribution in [3.05, 3.63) is 132 Å². The van der Waals surface area contributed by atoms with Crippen LogP contribution in [0.2, 0.25) is 0 Å². The molecular weight excluding hydrogens is 687 g/mol. The molecule has 3 atom stereocenters. The molecule has 5 aromatic rings. The molecule has 1 aromatic heterocycles. The van der Waals surface area contributed by atoms with Gasteiger partial charge in [0.25, 0.3) is 0 Å². The first-order valence-electron chi connectivity index (χ1n) is 18.1. The fraction of sp³-hybridized carbons (Fsp3) is 0.310. The van der Waals surface area contributed by atoms with E-state index in [-0.39, 0.29) is 30.6 Å². The Kier molecular flexibility index (Phi) is 13.3. The van der Waals surface area contributed by atoms with Crippen LogP contribution in [0.5, 0.6) is 0 Å². The number of nitrogens with two attached hydrogens (primary N) is 1. The third-order valence-corrected chi connectivity index (χ3v) is 10.4. The van der Waals surface area contributed by atoms with E-state index in [0.717, 1.165) is 50.7 Å². The van der Waals surface area contributed by atoms with Crippen molar-refractivity contribution in [3.63, 3.8) is 0 Å². The van der Waals surface area contributed by atoms with E-state index < -0.39 is 6.29 Å². The third-order valence-electron chi connectivity index (χ3n) is 9.24. The van der Waals surface area contributed by atoms with Gasteiger partial charge in [0.2, 0.25) is 11.8 Å². The van der Waals surface area contributed by atoms with Crippen LogP contribution in [0, 0.1) is 0 Å². The van der Waals surface area contributed by atoms with Crippen LogP contribution in [-0.2, 0) is 39.3 Å². The number of benzene rings is 4. The molecule has 0 unspecified atom stereocenters. The van der Waals surface area contributed by atoms with Crippen LogP contribution in [0.3, 0.4) is 0 Å². The highest BCUT2D eigenvalue weighted by Gasteiger charge is 2.32. The number of amides is 2. The molecule has 1 saturated heterocycles. The number of para-hydroxylation sites is 2. The molecule has 1 aliphatic rings. The molecule has 0 saturated carbocycles. The van der Waals surface area contributed by atoms with Crippen LogP contribution >= 0.6 is 11.8 Å². The number of hydrogen-bond donors (Lipinski definition) is 4. The number of carbonyl (C=O) groups is 2. The summed E-state index contributed by atoms with van der Waals surface area (Å²) in [4.78, 5) is 29.3. The average molecular weight is 734 g/mol. The number of carbonyl (C=O) groups excluding carboxylic acids is 2. The largest absolute Gasteiger partial charge is 0.397 e. The minimum absolute atomic E-state index is 0.00358. The van der Waals surface area contributed by atoms with Gasteiger partial charge in [0.15, 0.2) is 11.4 Å². The first-order chi connectivity index (χ1) is 25.8. The molecule has 0 spiro atoms. The van der Waals surface area contributed by atoms with E-state index in [0.29, 0.717) is 50.0 Å². The molecule has 1 fully saturated rings. The Morgan fingerprint density at radius 2 is 1.62 bits per heavy atom. The standard InChI is InChI=1S/C42H47N5O5S/c1-47-22-21-44-42(47)53-28-35-25-38(31-19-17-29(27-48)18-20-31)52-41(51-35)34-12-8-11-33(24-34)32-10-7-9-30(23-32)26-45-39(49)15-3-2-4-16-40(50)46-37-14-6-5-13-36(37)43/h5-14,17-24,35,38,41,48H,2-4,15-16,25-28,43H2,1H3,(H,45,49)(H,46,50)/t35-,38+,41+/m1/s1. The summed E-state index contributed by atoms with van der Waals surface area (Å²) in [7, 11) is 1.99. The highest BCUT2D eigenvalue weighted by molar-refractivity contribution is 7.99. The fourth-order valence-corrected chi connectivity index (χ4v) is 7.22. The summed E-state index contributed by atoms with van der Waals surface area (Å²) < 4.78 is 15.2. The van der Waals surface area contributed by atoms with Gasteiger partial charge in [0.1, 0.15) is 0 Å². The molecule has 11 heteroatoms. The third kappa shape index (κ3) is 10.8. The number of imidazole rings is 1. The zero-order chi connectivity index (χ0) is 37.0. The number of rotatable bonds is 16. The number of nitrogens with zero attached hydrogens (tertiary/aromatic N) is 2. The maximum absolute atomic E-state index is 12.6. The molecular formula is C42H47N5O5S. The zero-order valence-corrected chi connectivity index (χ0v) is 30.8. The topological polar surface area (TPSA) is 141 Å². The van der Waals surface area contributed by atoms with E-state index in [2.05, 4.69) is 39.9 Å². The van der Waals surface area contributed by atoms with E-state index in [1.165, 1.54) is 0 Å². The number of unbranched alkanes of at least 4 members (excludes halogenated alkanes) is 2. The predicted molar refractivity (Wildman–Crippen MR) is 209 cm³/mol.